The molecule has 1 heterocycles. The molecule has 0 spiro atoms. The number of benzene rings is 1. The molecule has 1 aromatic carbocycles. The first-order valence-electron chi connectivity index (χ1n) is 5.10. The number of nitrogens with zero attached hydrogens (tertiary/aromatic N) is 4. The SMILES string of the molecule is COc1cc(NCc2nnn(C)n2)c(Br)cc1Br. The summed E-state index contributed by atoms with van der Waals surface area (Å²) < 4.78 is 7.06. The van der Waals surface area contributed by atoms with E-state index in [1.807, 2.05) is 12.1 Å². The van der Waals surface area contributed by atoms with Crippen molar-refractivity contribution in [1.29, 1.82) is 0 Å². The molecule has 0 atom stereocenters. The van der Waals surface area contributed by atoms with Gasteiger partial charge in [-0.2, -0.15) is 4.80 Å². The van der Waals surface area contributed by atoms with Crippen LogP contribution in [0.2, 0.25) is 0 Å². The predicted molar refractivity (Wildman–Crippen MR) is 74.5 cm³/mol. The van der Waals surface area contributed by atoms with Gasteiger partial charge in [0.05, 0.1) is 30.9 Å². The number of aryl methyl sites for hydroxylation is 1. The first kappa shape index (κ1) is 13.3. The molecule has 2 aromatic rings. The second kappa shape index (κ2) is 5.66. The molecule has 6 nitrogen and oxygen atoms in total. The van der Waals surface area contributed by atoms with E-state index in [1.165, 1.54) is 4.80 Å². The van der Waals surface area contributed by atoms with Crippen molar-refractivity contribution in [3.63, 3.8) is 0 Å². The topological polar surface area (TPSA) is 64.9 Å². The maximum absolute atomic E-state index is 5.24. The number of methoxy groups -OCH3 is 1. The minimum Gasteiger partial charge on any atom is -0.495 e. The predicted octanol–water partition coefficient (Wildman–Crippen LogP) is 2.36. The van der Waals surface area contributed by atoms with Crippen LogP contribution in [0.15, 0.2) is 21.1 Å². The highest BCUT2D eigenvalue weighted by Gasteiger charge is 2.08. The maximum Gasteiger partial charge on any atom is 0.193 e. The lowest BCUT2D eigenvalue weighted by Crippen LogP contribution is -2.03. The molecule has 18 heavy (non-hydrogen) atoms. The number of hydrogen-bond acceptors (Lipinski definition) is 5. The molecule has 0 aliphatic rings. The van der Waals surface area contributed by atoms with Crippen LogP contribution in [0.3, 0.4) is 0 Å². The summed E-state index contributed by atoms with van der Waals surface area (Å²) in [7, 11) is 3.36. The molecule has 0 amide bonds. The summed E-state index contributed by atoms with van der Waals surface area (Å²) in [6.45, 7) is 0.497. The third-order valence-corrected chi connectivity index (χ3v) is 3.50. The smallest absolute Gasteiger partial charge is 0.193 e. The van der Waals surface area contributed by atoms with Crippen LogP contribution >= 0.6 is 31.9 Å². The van der Waals surface area contributed by atoms with Crippen molar-refractivity contribution in [2.24, 2.45) is 7.05 Å². The summed E-state index contributed by atoms with van der Waals surface area (Å²) in [4.78, 5) is 1.42. The lowest BCUT2D eigenvalue weighted by atomic mass is 10.3. The van der Waals surface area contributed by atoms with Crippen molar-refractivity contribution >= 4 is 37.5 Å². The van der Waals surface area contributed by atoms with E-state index in [4.69, 9.17) is 4.74 Å². The Balaban J connectivity index is 2.13. The molecule has 1 aromatic heterocycles. The van der Waals surface area contributed by atoms with Crippen molar-refractivity contribution < 1.29 is 4.74 Å². The standard InChI is InChI=1S/C10H11Br2N5O/c1-17-15-10(14-16-17)5-13-8-4-9(18-2)7(12)3-6(8)11/h3-4,13H,5H2,1-2H3. The van der Waals surface area contributed by atoms with Crippen LogP contribution < -0.4 is 10.1 Å². The van der Waals surface area contributed by atoms with E-state index in [0.29, 0.717) is 12.4 Å². The molecular weight excluding hydrogens is 366 g/mol. The van der Waals surface area contributed by atoms with Gasteiger partial charge >= 0.3 is 0 Å². The van der Waals surface area contributed by atoms with Crippen molar-refractivity contribution in [2.75, 3.05) is 12.4 Å². The zero-order valence-electron chi connectivity index (χ0n) is 9.81. The molecule has 2 rings (SSSR count). The van der Waals surface area contributed by atoms with E-state index in [-0.39, 0.29) is 0 Å². The summed E-state index contributed by atoms with van der Waals surface area (Å²) in [5.74, 6) is 1.39. The molecule has 0 fully saturated rings. The van der Waals surface area contributed by atoms with Crippen LogP contribution in [-0.4, -0.2) is 27.3 Å². The van der Waals surface area contributed by atoms with Gasteiger partial charge in [0.25, 0.3) is 0 Å². The number of anilines is 1. The van der Waals surface area contributed by atoms with Gasteiger partial charge in [-0.1, -0.05) is 0 Å². The molecule has 0 aliphatic carbocycles. The third-order valence-electron chi connectivity index (χ3n) is 2.23. The Labute approximate surface area is 121 Å². The molecule has 0 saturated heterocycles. The number of tetrazole rings is 1. The Morgan fingerprint density at radius 1 is 1.33 bits per heavy atom. The second-order valence-electron chi connectivity index (χ2n) is 3.52. The quantitative estimate of drug-likeness (QED) is 0.887. The lowest BCUT2D eigenvalue weighted by molar-refractivity contribution is 0.412. The van der Waals surface area contributed by atoms with Crippen LogP contribution in [0.25, 0.3) is 0 Å². The van der Waals surface area contributed by atoms with E-state index in [2.05, 4.69) is 52.6 Å². The van der Waals surface area contributed by atoms with Crippen molar-refractivity contribution in [1.82, 2.24) is 20.2 Å². The van der Waals surface area contributed by atoms with Gasteiger partial charge in [-0.05, 0) is 43.1 Å². The fourth-order valence-electron chi connectivity index (χ4n) is 1.39. The zero-order valence-corrected chi connectivity index (χ0v) is 13.0. The van der Waals surface area contributed by atoms with Crippen molar-refractivity contribution in [2.45, 2.75) is 6.54 Å². The third kappa shape index (κ3) is 2.99. The molecule has 96 valence electrons. The number of rotatable bonds is 4. The van der Waals surface area contributed by atoms with E-state index >= 15 is 0 Å². The van der Waals surface area contributed by atoms with Crippen LogP contribution in [0.4, 0.5) is 5.69 Å². The minimum absolute atomic E-state index is 0.497. The van der Waals surface area contributed by atoms with Gasteiger partial charge in [0.1, 0.15) is 5.75 Å². The number of aromatic nitrogens is 4. The Hall–Kier alpha value is -1.15. The largest absolute Gasteiger partial charge is 0.495 e. The first-order chi connectivity index (χ1) is 8.60. The van der Waals surface area contributed by atoms with E-state index in [0.717, 1.165) is 20.4 Å². The van der Waals surface area contributed by atoms with Gasteiger partial charge in [0, 0.05) is 10.5 Å². The Morgan fingerprint density at radius 3 is 2.72 bits per heavy atom. The van der Waals surface area contributed by atoms with Crippen LogP contribution in [0, 0.1) is 0 Å². The normalized spacial score (nSPS) is 10.4. The number of halogens is 2. The molecule has 8 heteroatoms. The van der Waals surface area contributed by atoms with Crippen LogP contribution in [0.1, 0.15) is 5.82 Å². The summed E-state index contributed by atoms with van der Waals surface area (Å²) >= 11 is 6.90. The first-order valence-corrected chi connectivity index (χ1v) is 6.68. The van der Waals surface area contributed by atoms with Gasteiger partial charge in [-0.3, -0.25) is 0 Å². The van der Waals surface area contributed by atoms with E-state index < -0.39 is 0 Å². The minimum atomic E-state index is 0.497. The fraction of sp³-hybridized carbons (Fsp3) is 0.300. The number of nitrogens with one attached hydrogen (secondary N) is 1. The molecule has 0 unspecified atom stereocenters. The number of ether oxygens (including phenoxy) is 1. The van der Waals surface area contributed by atoms with Gasteiger partial charge in [0.2, 0.25) is 0 Å². The fourth-order valence-corrected chi connectivity index (χ4v) is 2.69. The van der Waals surface area contributed by atoms with E-state index in [9.17, 15) is 0 Å². The number of hydrogen-bond donors (Lipinski definition) is 1. The molecule has 0 bridgehead atoms. The highest BCUT2D eigenvalue weighted by atomic mass is 79.9. The maximum atomic E-state index is 5.24. The van der Waals surface area contributed by atoms with Crippen LogP contribution in [-0.2, 0) is 13.6 Å². The molecule has 0 saturated carbocycles. The van der Waals surface area contributed by atoms with E-state index in [1.54, 1.807) is 14.2 Å². The average molecular weight is 377 g/mol. The Kier molecular flexibility index (Phi) is 4.18. The van der Waals surface area contributed by atoms with Crippen LogP contribution in [0.5, 0.6) is 5.75 Å². The zero-order chi connectivity index (χ0) is 13.1. The van der Waals surface area contributed by atoms with Gasteiger partial charge in [-0.15, -0.1) is 10.2 Å². The molecular formula is C10H11Br2N5O. The van der Waals surface area contributed by atoms with Gasteiger partial charge in [0.15, 0.2) is 5.82 Å². The summed E-state index contributed by atoms with van der Waals surface area (Å²) in [6, 6.07) is 3.82. The average Bonchev–Trinajstić information content (AvgIpc) is 2.74. The van der Waals surface area contributed by atoms with Crippen molar-refractivity contribution in [3.05, 3.63) is 26.9 Å². The Morgan fingerprint density at radius 2 is 2.11 bits per heavy atom. The summed E-state index contributed by atoms with van der Waals surface area (Å²) in [6.07, 6.45) is 0. The molecule has 0 aliphatic heterocycles. The highest BCUT2D eigenvalue weighted by molar-refractivity contribution is 9.11. The summed E-state index contributed by atoms with van der Waals surface area (Å²) in [5, 5.41) is 15.0. The second-order valence-corrected chi connectivity index (χ2v) is 5.22. The monoisotopic (exact) mass is 375 g/mol. The Bertz CT molecular complexity index is 557. The van der Waals surface area contributed by atoms with Gasteiger partial charge < -0.3 is 10.1 Å². The van der Waals surface area contributed by atoms with Gasteiger partial charge in [-0.25, -0.2) is 0 Å². The lowest BCUT2D eigenvalue weighted by Gasteiger charge is -2.10. The molecule has 0 radical (unpaired) electrons. The highest BCUT2D eigenvalue weighted by Crippen LogP contribution is 2.34. The summed E-state index contributed by atoms with van der Waals surface area (Å²) in [5.41, 5.74) is 0.905. The molecule has 1 N–H and O–H groups in total. The van der Waals surface area contributed by atoms with Crippen molar-refractivity contribution in [3.8, 4) is 5.75 Å².